The van der Waals surface area contributed by atoms with E-state index < -0.39 is 14.8 Å². The fourth-order valence-electron chi connectivity index (χ4n) is 1.38. The maximum atomic E-state index is 12.1. The monoisotopic (exact) mass is 311 g/mol. The molecule has 2 rings (SSSR count). The molecule has 0 bridgehead atoms. The van der Waals surface area contributed by atoms with Gasteiger partial charge in [-0.05, 0) is 32.9 Å². The summed E-state index contributed by atoms with van der Waals surface area (Å²) in [6.07, 6.45) is 0. The van der Waals surface area contributed by atoms with Gasteiger partial charge in [0, 0.05) is 16.6 Å². The zero-order valence-corrected chi connectivity index (χ0v) is 13.2. The van der Waals surface area contributed by atoms with E-state index in [-0.39, 0.29) is 0 Å². The molecule has 0 amide bonds. The molecule has 0 aliphatic rings. The number of nitrogens with zero attached hydrogens (tertiary/aromatic N) is 1. The smallest absolute Gasteiger partial charge is 0.239 e. The van der Waals surface area contributed by atoms with Crippen LogP contribution < -0.4 is 10.5 Å². The predicted molar refractivity (Wildman–Crippen MR) is 84.3 cm³/mol. The molecule has 0 fully saturated rings. The Morgan fingerprint density at radius 2 is 1.80 bits per heavy atom. The number of hydrogen-bond acceptors (Lipinski definition) is 5. The third kappa shape index (κ3) is 3.10. The largest absolute Gasteiger partial charge is 0.399 e. The molecule has 0 saturated carbocycles. The Labute approximate surface area is 122 Å². The second-order valence-electron chi connectivity index (χ2n) is 5.38. The number of hydrogen-bond donors (Lipinski definition) is 2. The molecule has 0 radical (unpaired) electrons. The van der Waals surface area contributed by atoms with E-state index in [0.29, 0.717) is 10.8 Å². The Morgan fingerprint density at radius 3 is 2.35 bits per heavy atom. The second kappa shape index (κ2) is 5.06. The molecular weight excluding hydrogens is 294 g/mol. The molecule has 0 saturated heterocycles. The maximum absolute atomic E-state index is 12.1. The standard InChI is InChI=1S/C13H17N3O2S2/c1-13(2,3)20(17,18)16-12-15-11(8-19-12)9-4-6-10(14)7-5-9/h4-8H,14H2,1-3H3,(H,15,16). The van der Waals surface area contributed by atoms with Gasteiger partial charge in [-0.25, -0.2) is 13.4 Å². The van der Waals surface area contributed by atoms with Gasteiger partial charge in [0.2, 0.25) is 10.0 Å². The van der Waals surface area contributed by atoms with Crippen molar-refractivity contribution in [3.8, 4) is 11.3 Å². The predicted octanol–water partition coefficient (Wildman–Crippen LogP) is 2.93. The van der Waals surface area contributed by atoms with E-state index in [4.69, 9.17) is 5.73 Å². The van der Waals surface area contributed by atoms with Crippen LogP contribution in [0.3, 0.4) is 0 Å². The van der Waals surface area contributed by atoms with Crippen molar-refractivity contribution in [3.63, 3.8) is 0 Å². The number of benzene rings is 1. The van der Waals surface area contributed by atoms with Crippen molar-refractivity contribution in [1.29, 1.82) is 0 Å². The van der Waals surface area contributed by atoms with Gasteiger partial charge in [-0.1, -0.05) is 12.1 Å². The highest BCUT2D eigenvalue weighted by molar-refractivity contribution is 7.94. The molecule has 5 nitrogen and oxygen atoms in total. The van der Waals surface area contributed by atoms with Gasteiger partial charge >= 0.3 is 0 Å². The highest BCUT2D eigenvalue weighted by Gasteiger charge is 2.29. The highest BCUT2D eigenvalue weighted by Crippen LogP contribution is 2.27. The molecule has 2 aromatic rings. The molecule has 0 aliphatic heterocycles. The number of rotatable bonds is 3. The molecule has 0 aliphatic carbocycles. The summed E-state index contributed by atoms with van der Waals surface area (Å²) >= 11 is 1.26. The molecule has 1 heterocycles. The number of thiazole rings is 1. The molecule has 1 aromatic carbocycles. The van der Waals surface area contributed by atoms with Crippen molar-refractivity contribution in [1.82, 2.24) is 4.98 Å². The lowest BCUT2D eigenvalue weighted by Gasteiger charge is -2.18. The summed E-state index contributed by atoms with van der Waals surface area (Å²) < 4.78 is 25.7. The fourth-order valence-corrected chi connectivity index (χ4v) is 3.04. The van der Waals surface area contributed by atoms with E-state index in [1.807, 2.05) is 17.5 Å². The summed E-state index contributed by atoms with van der Waals surface area (Å²) in [7, 11) is -3.45. The van der Waals surface area contributed by atoms with Gasteiger partial charge in [-0.3, -0.25) is 4.72 Å². The summed E-state index contributed by atoms with van der Waals surface area (Å²) in [6.45, 7) is 4.93. The molecule has 20 heavy (non-hydrogen) atoms. The quantitative estimate of drug-likeness (QED) is 0.853. The lowest BCUT2D eigenvalue weighted by molar-refractivity contribution is 0.566. The molecule has 0 spiro atoms. The summed E-state index contributed by atoms with van der Waals surface area (Å²) in [6, 6.07) is 7.28. The number of anilines is 2. The average molecular weight is 311 g/mol. The fraction of sp³-hybridized carbons (Fsp3) is 0.308. The minimum absolute atomic E-state index is 0.367. The van der Waals surface area contributed by atoms with Crippen LogP contribution in [-0.4, -0.2) is 18.1 Å². The molecule has 0 unspecified atom stereocenters. The lowest BCUT2D eigenvalue weighted by Crippen LogP contribution is -2.33. The van der Waals surface area contributed by atoms with Crippen molar-refractivity contribution < 1.29 is 8.42 Å². The van der Waals surface area contributed by atoms with Gasteiger partial charge in [0.1, 0.15) is 0 Å². The first kappa shape index (κ1) is 14.8. The van der Waals surface area contributed by atoms with Gasteiger partial charge < -0.3 is 5.73 Å². The van der Waals surface area contributed by atoms with E-state index in [2.05, 4.69) is 9.71 Å². The first-order valence-electron chi connectivity index (χ1n) is 6.03. The van der Waals surface area contributed by atoms with Crippen LogP contribution in [0, 0.1) is 0 Å². The third-order valence-electron chi connectivity index (χ3n) is 2.74. The Hall–Kier alpha value is -1.60. The van der Waals surface area contributed by atoms with Gasteiger partial charge in [0.05, 0.1) is 10.4 Å². The second-order valence-corrected chi connectivity index (χ2v) is 8.67. The third-order valence-corrected chi connectivity index (χ3v) is 5.70. The molecule has 3 N–H and O–H groups in total. The van der Waals surface area contributed by atoms with Crippen molar-refractivity contribution in [3.05, 3.63) is 29.6 Å². The van der Waals surface area contributed by atoms with Crippen LogP contribution in [0.4, 0.5) is 10.8 Å². The van der Waals surface area contributed by atoms with Crippen molar-refractivity contribution in [2.24, 2.45) is 0 Å². The Bertz CT molecular complexity index is 698. The zero-order chi connectivity index (χ0) is 15.0. The van der Waals surface area contributed by atoms with Crippen LogP contribution in [0.2, 0.25) is 0 Å². The number of nitrogen functional groups attached to an aromatic ring is 1. The normalized spacial score (nSPS) is 12.3. The van der Waals surface area contributed by atoms with E-state index in [9.17, 15) is 8.42 Å². The molecule has 108 valence electrons. The molecule has 1 aromatic heterocycles. The number of sulfonamides is 1. The minimum Gasteiger partial charge on any atom is -0.399 e. The van der Waals surface area contributed by atoms with E-state index in [0.717, 1.165) is 11.3 Å². The SMILES string of the molecule is CC(C)(C)S(=O)(=O)Nc1nc(-c2ccc(N)cc2)cs1. The van der Waals surface area contributed by atoms with Crippen LogP contribution >= 0.6 is 11.3 Å². The maximum Gasteiger partial charge on any atom is 0.239 e. The summed E-state index contributed by atoms with van der Waals surface area (Å²) in [5.74, 6) is 0. The topological polar surface area (TPSA) is 85.1 Å². The molecule has 0 atom stereocenters. The Balaban J connectivity index is 2.24. The van der Waals surface area contributed by atoms with Crippen molar-refractivity contribution in [2.75, 3.05) is 10.5 Å². The number of nitrogens with one attached hydrogen (secondary N) is 1. The van der Waals surface area contributed by atoms with Gasteiger partial charge in [-0.2, -0.15) is 0 Å². The van der Waals surface area contributed by atoms with Crippen molar-refractivity contribution >= 4 is 32.2 Å². The Morgan fingerprint density at radius 1 is 1.20 bits per heavy atom. The van der Waals surface area contributed by atoms with Gasteiger partial charge in [0.25, 0.3) is 0 Å². The van der Waals surface area contributed by atoms with E-state index >= 15 is 0 Å². The van der Waals surface area contributed by atoms with Gasteiger partial charge in [0.15, 0.2) is 5.13 Å². The molecular formula is C13H17N3O2S2. The Kier molecular flexibility index (Phi) is 3.75. The van der Waals surface area contributed by atoms with Crippen LogP contribution in [-0.2, 0) is 10.0 Å². The summed E-state index contributed by atoms with van der Waals surface area (Å²) in [5.41, 5.74) is 7.93. The van der Waals surface area contributed by atoms with E-state index in [1.54, 1.807) is 32.9 Å². The van der Waals surface area contributed by atoms with Crippen molar-refractivity contribution in [2.45, 2.75) is 25.5 Å². The van der Waals surface area contributed by atoms with Gasteiger partial charge in [-0.15, -0.1) is 11.3 Å². The van der Waals surface area contributed by atoms with Crippen LogP contribution in [0.15, 0.2) is 29.6 Å². The average Bonchev–Trinajstić information content (AvgIpc) is 2.76. The lowest BCUT2D eigenvalue weighted by atomic mass is 10.2. The minimum atomic E-state index is -3.45. The van der Waals surface area contributed by atoms with E-state index in [1.165, 1.54) is 11.3 Å². The summed E-state index contributed by atoms with van der Waals surface area (Å²) in [5, 5.41) is 2.18. The molecule has 7 heteroatoms. The summed E-state index contributed by atoms with van der Waals surface area (Å²) in [4.78, 5) is 4.30. The van der Waals surface area contributed by atoms with Crippen LogP contribution in [0.5, 0.6) is 0 Å². The highest BCUT2D eigenvalue weighted by atomic mass is 32.2. The first-order valence-corrected chi connectivity index (χ1v) is 8.39. The number of aromatic nitrogens is 1. The first-order chi connectivity index (χ1) is 9.19. The number of nitrogens with two attached hydrogens (primary N) is 1. The van der Waals surface area contributed by atoms with Crippen LogP contribution in [0.1, 0.15) is 20.8 Å². The van der Waals surface area contributed by atoms with Crippen LogP contribution in [0.25, 0.3) is 11.3 Å². The zero-order valence-electron chi connectivity index (χ0n) is 11.5.